The van der Waals surface area contributed by atoms with Gasteiger partial charge in [0.05, 0.1) is 5.71 Å². The van der Waals surface area contributed by atoms with Crippen molar-refractivity contribution in [2.24, 2.45) is 22.6 Å². The molecule has 0 unspecified atom stereocenters. The van der Waals surface area contributed by atoms with Crippen LogP contribution in [-0.2, 0) is 4.79 Å². The molecule has 0 bridgehead atoms. The number of likely N-dealkylation sites (tertiary alicyclic amines) is 1. The Morgan fingerprint density at radius 2 is 1.74 bits per heavy atom. The molecule has 8 heteroatoms. The second kappa shape index (κ2) is 9.57. The molecular formula is C27H36N6O2. The van der Waals surface area contributed by atoms with E-state index in [1.54, 1.807) is 0 Å². The number of anilines is 1. The number of hydrogen-bond donors (Lipinski definition) is 2. The molecule has 0 spiro atoms. The van der Waals surface area contributed by atoms with Crippen LogP contribution >= 0.6 is 0 Å². The second-order valence-corrected chi connectivity index (χ2v) is 10.8. The van der Waals surface area contributed by atoms with Gasteiger partial charge in [-0.15, -0.1) is 0 Å². The highest BCUT2D eigenvalue weighted by Crippen LogP contribution is 2.40. The molecule has 186 valence electrons. The van der Waals surface area contributed by atoms with Crippen molar-refractivity contribution in [3.63, 3.8) is 0 Å². The van der Waals surface area contributed by atoms with Crippen molar-refractivity contribution < 1.29 is 9.53 Å². The van der Waals surface area contributed by atoms with E-state index in [4.69, 9.17) is 21.2 Å². The number of amides is 1. The van der Waals surface area contributed by atoms with Crippen molar-refractivity contribution in [3.8, 4) is 5.88 Å². The first kappa shape index (κ1) is 23.7. The molecule has 0 radical (unpaired) electrons. The minimum atomic E-state index is -0.612. The summed E-state index contributed by atoms with van der Waals surface area (Å²) in [6, 6.07) is 8.79. The van der Waals surface area contributed by atoms with Crippen LogP contribution in [0.25, 0.3) is 0 Å². The first-order chi connectivity index (χ1) is 16.8. The lowest BCUT2D eigenvalue weighted by molar-refractivity contribution is -0.123. The fraction of sp³-hybridized carbons (Fsp3) is 0.556. The number of fused-ring (bicyclic) bond motifs is 1. The summed E-state index contributed by atoms with van der Waals surface area (Å²) in [6.45, 7) is 7.15. The van der Waals surface area contributed by atoms with Crippen LogP contribution in [0.2, 0.25) is 0 Å². The third-order valence-corrected chi connectivity index (χ3v) is 7.97. The monoisotopic (exact) mass is 476 g/mol. The number of aromatic nitrogens is 2. The van der Waals surface area contributed by atoms with E-state index in [0.717, 1.165) is 49.7 Å². The zero-order valence-corrected chi connectivity index (χ0v) is 20.7. The number of nitrogens with two attached hydrogens (primary N) is 2. The predicted molar refractivity (Wildman–Crippen MR) is 137 cm³/mol. The maximum atomic E-state index is 11.4. The maximum absolute atomic E-state index is 11.4. The minimum absolute atomic E-state index is 0.0714. The average molecular weight is 477 g/mol. The van der Waals surface area contributed by atoms with Gasteiger partial charge in [-0.05, 0) is 82.9 Å². The topological polar surface area (TPSA) is 120 Å². The number of carbonyl (C=O) groups excluding carboxylic acids is 1. The van der Waals surface area contributed by atoms with Crippen LogP contribution in [0.1, 0.15) is 69.4 Å². The van der Waals surface area contributed by atoms with E-state index in [1.165, 1.54) is 37.6 Å². The zero-order valence-electron chi connectivity index (χ0n) is 20.7. The van der Waals surface area contributed by atoms with Gasteiger partial charge in [0.2, 0.25) is 11.8 Å². The fourth-order valence-corrected chi connectivity index (χ4v) is 5.86. The molecule has 2 fully saturated rings. The Morgan fingerprint density at radius 3 is 2.40 bits per heavy atom. The van der Waals surface area contributed by atoms with Crippen LogP contribution in [0.4, 0.5) is 11.5 Å². The van der Waals surface area contributed by atoms with E-state index >= 15 is 0 Å². The third-order valence-electron chi connectivity index (χ3n) is 7.97. The standard InChI is InChI=1S/C27H36N6O2/c1-27(2)23(32-22-24(28)30-16-31-26(22)35-27)20-9-7-19(8-10-20)18-5-3-17(4-6-18)15-33-13-11-21(12-14-33)25(29)34/h7-10,16-18,21H,3-6,11-15H2,1-2H3,(H2,29,34)(H2,28,30,31)/t17-,18-. The van der Waals surface area contributed by atoms with Gasteiger partial charge in [-0.3, -0.25) is 4.79 Å². The highest BCUT2D eigenvalue weighted by molar-refractivity contribution is 6.09. The quantitative estimate of drug-likeness (QED) is 0.677. The lowest BCUT2D eigenvalue weighted by Gasteiger charge is -2.36. The van der Waals surface area contributed by atoms with Crippen molar-refractivity contribution in [1.29, 1.82) is 0 Å². The molecule has 1 aromatic heterocycles. The number of primary amides is 1. The van der Waals surface area contributed by atoms with Gasteiger partial charge in [0.15, 0.2) is 11.5 Å². The summed E-state index contributed by atoms with van der Waals surface area (Å²) in [5.74, 6) is 2.04. The second-order valence-electron chi connectivity index (χ2n) is 10.8. The molecule has 3 aliphatic rings. The molecule has 1 aliphatic carbocycles. The molecule has 2 aromatic rings. The van der Waals surface area contributed by atoms with E-state index < -0.39 is 5.60 Å². The number of carbonyl (C=O) groups is 1. The molecule has 3 heterocycles. The molecule has 8 nitrogen and oxygen atoms in total. The molecule has 1 saturated heterocycles. The molecule has 0 atom stereocenters. The van der Waals surface area contributed by atoms with E-state index in [0.29, 0.717) is 23.3 Å². The van der Waals surface area contributed by atoms with E-state index in [-0.39, 0.29) is 11.8 Å². The zero-order chi connectivity index (χ0) is 24.6. The summed E-state index contributed by atoms with van der Waals surface area (Å²) in [7, 11) is 0. The van der Waals surface area contributed by atoms with Gasteiger partial charge in [-0.25, -0.2) is 9.98 Å². The number of nitrogens with zero attached hydrogens (tertiary/aromatic N) is 4. The van der Waals surface area contributed by atoms with Crippen molar-refractivity contribution in [3.05, 3.63) is 41.7 Å². The summed E-state index contributed by atoms with van der Waals surface area (Å²) in [6.07, 6.45) is 8.18. The largest absolute Gasteiger partial charge is 0.463 e. The smallest absolute Gasteiger partial charge is 0.246 e. The predicted octanol–water partition coefficient (Wildman–Crippen LogP) is 3.82. The third kappa shape index (κ3) is 5.03. The number of ether oxygens (including phenoxy) is 1. The fourth-order valence-electron chi connectivity index (χ4n) is 5.86. The molecule has 5 rings (SSSR count). The van der Waals surface area contributed by atoms with E-state index in [1.807, 2.05) is 13.8 Å². The van der Waals surface area contributed by atoms with Gasteiger partial charge in [0.1, 0.15) is 11.9 Å². The Morgan fingerprint density at radius 1 is 1.06 bits per heavy atom. The first-order valence-electron chi connectivity index (χ1n) is 12.8. The molecule has 2 aliphatic heterocycles. The molecule has 4 N–H and O–H groups in total. The van der Waals surface area contributed by atoms with Crippen LogP contribution in [-0.4, -0.2) is 51.7 Å². The van der Waals surface area contributed by atoms with E-state index in [2.05, 4.69) is 39.1 Å². The lowest BCUT2D eigenvalue weighted by atomic mass is 9.78. The number of nitrogen functional groups attached to an aromatic ring is 1. The molecular weight excluding hydrogens is 440 g/mol. The Bertz CT molecular complexity index is 1100. The van der Waals surface area contributed by atoms with Crippen LogP contribution in [0.3, 0.4) is 0 Å². The summed E-state index contributed by atoms with van der Waals surface area (Å²) in [4.78, 5) is 27.0. The summed E-state index contributed by atoms with van der Waals surface area (Å²) < 4.78 is 6.12. The molecule has 35 heavy (non-hydrogen) atoms. The van der Waals surface area contributed by atoms with Gasteiger partial charge in [-0.1, -0.05) is 24.3 Å². The van der Waals surface area contributed by atoms with E-state index in [9.17, 15) is 4.79 Å². The van der Waals surface area contributed by atoms with Crippen LogP contribution in [0.5, 0.6) is 5.88 Å². The molecule has 1 amide bonds. The average Bonchev–Trinajstić information content (AvgIpc) is 2.84. The Kier molecular flexibility index (Phi) is 6.49. The summed E-state index contributed by atoms with van der Waals surface area (Å²) in [5, 5.41) is 0. The number of piperidine rings is 1. The normalized spacial score (nSPS) is 24.8. The Labute approximate surface area is 207 Å². The number of rotatable bonds is 5. The van der Waals surface area contributed by atoms with Gasteiger partial charge in [0.25, 0.3) is 0 Å². The van der Waals surface area contributed by atoms with Crippen molar-refractivity contribution >= 4 is 23.1 Å². The summed E-state index contributed by atoms with van der Waals surface area (Å²) >= 11 is 0. The van der Waals surface area contributed by atoms with Crippen LogP contribution < -0.4 is 16.2 Å². The highest BCUT2D eigenvalue weighted by Gasteiger charge is 2.35. The van der Waals surface area contributed by atoms with Crippen molar-refractivity contribution in [1.82, 2.24) is 14.9 Å². The van der Waals surface area contributed by atoms with Gasteiger partial charge < -0.3 is 21.1 Å². The summed E-state index contributed by atoms with van der Waals surface area (Å²) in [5.41, 5.74) is 14.6. The number of hydrogen-bond acceptors (Lipinski definition) is 7. The van der Waals surface area contributed by atoms with Crippen molar-refractivity contribution in [2.75, 3.05) is 25.4 Å². The Hall–Kier alpha value is -3.00. The highest BCUT2D eigenvalue weighted by atomic mass is 16.5. The van der Waals surface area contributed by atoms with Gasteiger partial charge >= 0.3 is 0 Å². The van der Waals surface area contributed by atoms with Crippen LogP contribution in [0, 0.1) is 11.8 Å². The minimum Gasteiger partial charge on any atom is -0.463 e. The lowest BCUT2D eigenvalue weighted by Crippen LogP contribution is -2.41. The molecule has 1 saturated carbocycles. The van der Waals surface area contributed by atoms with Gasteiger partial charge in [0, 0.05) is 18.0 Å². The number of benzene rings is 1. The Balaban J connectivity index is 1.20. The molecule has 1 aromatic carbocycles. The van der Waals surface area contributed by atoms with Gasteiger partial charge in [-0.2, -0.15) is 4.98 Å². The first-order valence-corrected chi connectivity index (χ1v) is 12.8. The maximum Gasteiger partial charge on any atom is 0.246 e. The van der Waals surface area contributed by atoms with Crippen molar-refractivity contribution in [2.45, 2.75) is 63.9 Å². The number of aliphatic imine (C=N–C) groups is 1. The SMILES string of the molecule is CC1(C)Oc2ncnc(N)c2N=C1c1ccc([C@H]2CC[C@H](CN3CCC(C(N)=O)CC3)CC2)cc1. The van der Waals surface area contributed by atoms with Crippen LogP contribution in [0.15, 0.2) is 35.6 Å².